The molecule has 3 nitrogen and oxygen atoms in total. The van der Waals surface area contributed by atoms with Crippen molar-refractivity contribution in [1.82, 2.24) is 0 Å². The highest BCUT2D eigenvalue weighted by Crippen LogP contribution is 2.27. The topological polar surface area (TPSA) is 52.3 Å². The van der Waals surface area contributed by atoms with Crippen LogP contribution in [0, 0.1) is 0 Å². The number of methoxy groups -OCH3 is 1. The van der Waals surface area contributed by atoms with Crippen LogP contribution >= 0.6 is 11.8 Å². The summed E-state index contributed by atoms with van der Waals surface area (Å²) < 4.78 is 4.59. The van der Waals surface area contributed by atoms with Gasteiger partial charge in [-0.3, -0.25) is 4.79 Å². The summed E-state index contributed by atoms with van der Waals surface area (Å²) in [6.45, 7) is 0.579. The molecule has 0 aliphatic rings. The molecule has 0 saturated carbocycles. The number of carbonyl (C=O) groups excluding carboxylic acids is 1. The van der Waals surface area contributed by atoms with Crippen molar-refractivity contribution >= 4 is 17.7 Å². The maximum absolute atomic E-state index is 11.0. The number of rotatable bonds is 6. The molecule has 0 saturated heterocycles. The van der Waals surface area contributed by atoms with E-state index in [2.05, 4.69) is 16.9 Å². The summed E-state index contributed by atoms with van der Waals surface area (Å²) in [6, 6.07) is 10.1. The highest BCUT2D eigenvalue weighted by atomic mass is 32.2. The Kier molecular flexibility index (Phi) is 5.96. The van der Waals surface area contributed by atoms with E-state index >= 15 is 0 Å². The number of nitrogens with two attached hydrogens (primary N) is 1. The van der Waals surface area contributed by atoms with Gasteiger partial charge in [0.05, 0.1) is 13.5 Å². The molecule has 1 aromatic rings. The van der Waals surface area contributed by atoms with Crippen LogP contribution in [0.2, 0.25) is 0 Å². The first-order valence-corrected chi connectivity index (χ1v) is 6.26. The summed E-state index contributed by atoms with van der Waals surface area (Å²) in [4.78, 5) is 11.0. The molecule has 0 spiro atoms. The molecule has 88 valence electrons. The summed E-state index contributed by atoms with van der Waals surface area (Å²) in [6.07, 6.45) is 0.435. The average Bonchev–Trinajstić information content (AvgIpc) is 2.35. The normalized spacial score (nSPS) is 12.1. The number of esters is 1. The fraction of sp³-hybridized carbons (Fsp3) is 0.417. The average molecular weight is 239 g/mol. The minimum atomic E-state index is -0.170. The molecule has 1 atom stereocenters. The minimum absolute atomic E-state index is 0.170. The van der Waals surface area contributed by atoms with Gasteiger partial charge in [-0.2, -0.15) is 11.8 Å². The second-order valence-corrected chi connectivity index (χ2v) is 4.64. The van der Waals surface area contributed by atoms with Gasteiger partial charge in [0.2, 0.25) is 0 Å². The summed E-state index contributed by atoms with van der Waals surface area (Å²) in [5.41, 5.74) is 6.93. The van der Waals surface area contributed by atoms with Crippen molar-refractivity contribution in [2.45, 2.75) is 11.7 Å². The molecule has 0 aliphatic heterocycles. The van der Waals surface area contributed by atoms with E-state index in [1.54, 1.807) is 11.8 Å². The van der Waals surface area contributed by atoms with E-state index in [1.807, 2.05) is 18.2 Å². The SMILES string of the molecule is COC(=O)CCSC(CN)c1ccccc1. The zero-order chi connectivity index (χ0) is 11.8. The number of carbonyl (C=O) groups is 1. The third-order valence-corrected chi connectivity index (χ3v) is 3.55. The number of ether oxygens (including phenoxy) is 1. The highest BCUT2D eigenvalue weighted by Gasteiger charge is 2.10. The lowest BCUT2D eigenvalue weighted by Crippen LogP contribution is -2.11. The van der Waals surface area contributed by atoms with Crippen LogP contribution in [0.25, 0.3) is 0 Å². The Morgan fingerprint density at radius 2 is 2.12 bits per heavy atom. The molecular weight excluding hydrogens is 222 g/mol. The predicted octanol–water partition coefficient (Wildman–Crippen LogP) is 1.98. The Morgan fingerprint density at radius 1 is 1.44 bits per heavy atom. The molecule has 2 N–H and O–H groups in total. The minimum Gasteiger partial charge on any atom is -0.469 e. The molecule has 0 radical (unpaired) electrons. The van der Waals surface area contributed by atoms with Crippen LogP contribution in [0.4, 0.5) is 0 Å². The van der Waals surface area contributed by atoms with E-state index in [0.29, 0.717) is 13.0 Å². The maximum atomic E-state index is 11.0. The number of benzene rings is 1. The zero-order valence-electron chi connectivity index (χ0n) is 9.39. The van der Waals surface area contributed by atoms with E-state index in [0.717, 1.165) is 5.75 Å². The van der Waals surface area contributed by atoms with Crippen molar-refractivity contribution in [2.75, 3.05) is 19.4 Å². The second kappa shape index (κ2) is 7.30. The summed E-state index contributed by atoms with van der Waals surface area (Å²) >= 11 is 1.69. The van der Waals surface area contributed by atoms with Crippen molar-refractivity contribution < 1.29 is 9.53 Å². The molecule has 1 rings (SSSR count). The maximum Gasteiger partial charge on any atom is 0.306 e. The lowest BCUT2D eigenvalue weighted by atomic mass is 10.1. The fourth-order valence-corrected chi connectivity index (χ4v) is 2.41. The van der Waals surface area contributed by atoms with Gasteiger partial charge in [-0.05, 0) is 5.56 Å². The van der Waals surface area contributed by atoms with E-state index in [-0.39, 0.29) is 11.2 Å². The van der Waals surface area contributed by atoms with Crippen LogP contribution in [0.15, 0.2) is 30.3 Å². The molecule has 1 aromatic carbocycles. The monoisotopic (exact) mass is 239 g/mol. The molecular formula is C12H17NO2S. The van der Waals surface area contributed by atoms with E-state index in [1.165, 1.54) is 12.7 Å². The smallest absolute Gasteiger partial charge is 0.306 e. The van der Waals surface area contributed by atoms with Crippen LogP contribution < -0.4 is 5.73 Å². The third kappa shape index (κ3) is 4.24. The molecule has 0 bridgehead atoms. The highest BCUT2D eigenvalue weighted by molar-refractivity contribution is 7.99. The standard InChI is InChI=1S/C12H17NO2S/c1-15-12(14)7-8-16-11(9-13)10-5-3-2-4-6-10/h2-6,11H,7-9,13H2,1H3. The first-order valence-electron chi connectivity index (χ1n) is 5.21. The summed E-state index contributed by atoms with van der Waals surface area (Å²) in [5, 5.41) is 0.255. The van der Waals surface area contributed by atoms with E-state index in [4.69, 9.17) is 5.73 Å². The van der Waals surface area contributed by atoms with Crippen LogP contribution in [0.3, 0.4) is 0 Å². The van der Waals surface area contributed by atoms with Crippen molar-refractivity contribution in [1.29, 1.82) is 0 Å². The molecule has 0 aliphatic carbocycles. The molecule has 4 heteroatoms. The van der Waals surface area contributed by atoms with Crippen LogP contribution in [-0.4, -0.2) is 25.4 Å². The molecule has 0 fully saturated rings. The summed E-state index contributed by atoms with van der Waals surface area (Å²) in [5.74, 6) is 0.569. The number of thioether (sulfide) groups is 1. The molecule has 0 heterocycles. The lowest BCUT2D eigenvalue weighted by Gasteiger charge is -2.14. The van der Waals surface area contributed by atoms with Crippen molar-refractivity contribution in [3.63, 3.8) is 0 Å². The van der Waals surface area contributed by atoms with E-state index in [9.17, 15) is 4.79 Å². The first kappa shape index (κ1) is 13.1. The van der Waals surface area contributed by atoms with Crippen LogP contribution in [0.1, 0.15) is 17.2 Å². The van der Waals surface area contributed by atoms with Gasteiger partial charge in [0.15, 0.2) is 0 Å². The van der Waals surface area contributed by atoms with E-state index < -0.39 is 0 Å². The van der Waals surface area contributed by atoms with Gasteiger partial charge in [-0.25, -0.2) is 0 Å². The third-order valence-electron chi connectivity index (χ3n) is 2.24. The molecule has 1 unspecified atom stereocenters. The Hall–Kier alpha value is -1.00. The van der Waals surface area contributed by atoms with Crippen LogP contribution in [-0.2, 0) is 9.53 Å². The largest absolute Gasteiger partial charge is 0.469 e. The molecule has 16 heavy (non-hydrogen) atoms. The van der Waals surface area contributed by atoms with Gasteiger partial charge in [-0.15, -0.1) is 0 Å². The Balaban J connectivity index is 2.41. The number of hydrogen-bond acceptors (Lipinski definition) is 4. The molecule has 0 aromatic heterocycles. The Bertz CT molecular complexity index is 316. The van der Waals surface area contributed by atoms with Gasteiger partial charge in [0.1, 0.15) is 0 Å². The van der Waals surface area contributed by atoms with Crippen molar-refractivity contribution in [3.05, 3.63) is 35.9 Å². The zero-order valence-corrected chi connectivity index (χ0v) is 10.2. The number of hydrogen-bond donors (Lipinski definition) is 1. The van der Waals surface area contributed by atoms with Gasteiger partial charge < -0.3 is 10.5 Å². The van der Waals surface area contributed by atoms with Gasteiger partial charge >= 0.3 is 5.97 Å². The van der Waals surface area contributed by atoms with Crippen molar-refractivity contribution in [3.8, 4) is 0 Å². The van der Waals surface area contributed by atoms with Gasteiger partial charge in [0.25, 0.3) is 0 Å². The van der Waals surface area contributed by atoms with Gasteiger partial charge in [0, 0.05) is 17.5 Å². The quantitative estimate of drug-likeness (QED) is 0.771. The predicted molar refractivity (Wildman–Crippen MR) is 67.3 cm³/mol. The molecule has 0 amide bonds. The van der Waals surface area contributed by atoms with Crippen molar-refractivity contribution in [2.24, 2.45) is 5.73 Å². The van der Waals surface area contributed by atoms with Crippen LogP contribution in [0.5, 0.6) is 0 Å². The van der Waals surface area contributed by atoms with Gasteiger partial charge in [-0.1, -0.05) is 30.3 Å². The first-order chi connectivity index (χ1) is 7.77. The second-order valence-electron chi connectivity index (χ2n) is 3.33. The Morgan fingerprint density at radius 3 is 2.69 bits per heavy atom. The Labute approximate surface area is 100 Å². The summed E-state index contributed by atoms with van der Waals surface area (Å²) in [7, 11) is 1.41. The fourth-order valence-electron chi connectivity index (χ4n) is 1.35. The lowest BCUT2D eigenvalue weighted by molar-refractivity contribution is -0.140.